The molecule has 2 heterocycles. The predicted octanol–water partition coefficient (Wildman–Crippen LogP) is 4.01. The number of hydrogen-bond donors (Lipinski definition) is 2. The average molecular weight is 425 g/mol. The molecule has 1 aliphatic rings. The Hall–Kier alpha value is -3.26. The maximum absolute atomic E-state index is 11.1. The molecule has 0 saturated carbocycles. The molecule has 0 atom stereocenters. The number of nitrogens with zero attached hydrogens (tertiary/aromatic N) is 2. The van der Waals surface area contributed by atoms with Gasteiger partial charge in [0.2, 0.25) is 0 Å². The summed E-state index contributed by atoms with van der Waals surface area (Å²) in [5.74, 6) is 0.550. The highest BCUT2D eigenvalue weighted by molar-refractivity contribution is 5.92. The number of hydrogen-bond acceptors (Lipinski definition) is 7. The van der Waals surface area contributed by atoms with Crippen LogP contribution in [0.15, 0.2) is 40.8 Å². The third-order valence-corrected chi connectivity index (χ3v) is 5.48. The van der Waals surface area contributed by atoms with Crippen molar-refractivity contribution in [1.82, 2.24) is 9.88 Å². The van der Waals surface area contributed by atoms with Crippen LogP contribution in [0, 0.1) is 0 Å². The van der Waals surface area contributed by atoms with Crippen molar-refractivity contribution >= 4 is 23.1 Å². The van der Waals surface area contributed by atoms with Gasteiger partial charge in [0.25, 0.3) is 6.01 Å². The lowest BCUT2D eigenvalue weighted by molar-refractivity contribution is 0.0697. The third-order valence-electron chi connectivity index (χ3n) is 5.48. The van der Waals surface area contributed by atoms with Crippen LogP contribution >= 0.6 is 0 Å². The highest BCUT2D eigenvalue weighted by atomic mass is 16.5. The second-order valence-corrected chi connectivity index (χ2v) is 7.62. The van der Waals surface area contributed by atoms with Gasteiger partial charge in [0.1, 0.15) is 5.52 Å². The van der Waals surface area contributed by atoms with Gasteiger partial charge in [0, 0.05) is 25.7 Å². The fourth-order valence-electron chi connectivity index (χ4n) is 3.88. The molecular formula is C23H27N3O5. The van der Waals surface area contributed by atoms with Crippen molar-refractivity contribution in [3.8, 4) is 11.5 Å². The largest absolute Gasteiger partial charge is 0.493 e. The van der Waals surface area contributed by atoms with Crippen molar-refractivity contribution in [2.45, 2.75) is 32.4 Å². The van der Waals surface area contributed by atoms with Crippen LogP contribution in [0.4, 0.5) is 6.01 Å². The summed E-state index contributed by atoms with van der Waals surface area (Å²) in [7, 11) is 1.65. The van der Waals surface area contributed by atoms with Crippen LogP contribution in [0.2, 0.25) is 0 Å². The molecule has 0 bridgehead atoms. The first-order chi connectivity index (χ1) is 15.1. The van der Waals surface area contributed by atoms with Crippen molar-refractivity contribution in [2.24, 2.45) is 0 Å². The van der Waals surface area contributed by atoms with E-state index < -0.39 is 5.97 Å². The van der Waals surface area contributed by atoms with Crippen molar-refractivity contribution in [2.75, 3.05) is 32.1 Å². The van der Waals surface area contributed by atoms with Crippen molar-refractivity contribution in [1.29, 1.82) is 0 Å². The van der Waals surface area contributed by atoms with Crippen LogP contribution in [-0.4, -0.2) is 53.8 Å². The minimum absolute atomic E-state index is 0.189. The summed E-state index contributed by atoms with van der Waals surface area (Å²) >= 11 is 0. The van der Waals surface area contributed by atoms with Gasteiger partial charge in [-0.3, -0.25) is 4.90 Å². The zero-order valence-electron chi connectivity index (χ0n) is 17.8. The number of nitrogens with one attached hydrogen (secondary N) is 1. The molecule has 0 radical (unpaired) electrons. The Morgan fingerprint density at radius 3 is 2.74 bits per heavy atom. The zero-order valence-corrected chi connectivity index (χ0v) is 17.8. The molecule has 8 nitrogen and oxygen atoms in total. The molecule has 3 aromatic rings. The van der Waals surface area contributed by atoms with E-state index in [-0.39, 0.29) is 11.6 Å². The molecule has 164 valence electrons. The monoisotopic (exact) mass is 425 g/mol. The Balaban J connectivity index is 1.33. The predicted molar refractivity (Wildman–Crippen MR) is 117 cm³/mol. The minimum Gasteiger partial charge on any atom is -0.493 e. The first-order valence-electron chi connectivity index (χ1n) is 10.5. The molecule has 1 saturated heterocycles. The van der Waals surface area contributed by atoms with Crippen LogP contribution in [-0.2, 0) is 6.54 Å². The van der Waals surface area contributed by atoms with E-state index in [9.17, 15) is 4.79 Å². The first kappa shape index (κ1) is 21.0. The molecule has 2 aromatic carbocycles. The lowest BCUT2D eigenvalue weighted by Gasteiger charge is -2.32. The van der Waals surface area contributed by atoms with Gasteiger partial charge < -0.3 is 24.3 Å². The van der Waals surface area contributed by atoms with E-state index in [2.05, 4.69) is 27.3 Å². The number of rotatable bonds is 8. The van der Waals surface area contributed by atoms with Gasteiger partial charge in [-0.2, -0.15) is 4.98 Å². The van der Waals surface area contributed by atoms with Gasteiger partial charge in [0.15, 0.2) is 17.1 Å². The third kappa shape index (κ3) is 4.91. The molecule has 1 fully saturated rings. The van der Waals surface area contributed by atoms with Gasteiger partial charge in [-0.25, -0.2) is 4.79 Å². The number of benzene rings is 2. The summed E-state index contributed by atoms with van der Waals surface area (Å²) in [5, 5.41) is 12.5. The fourth-order valence-corrected chi connectivity index (χ4v) is 3.88. The summed E-state index contributed by atoms with van der Waals surface area (Å²) in [6.45, 7) is 5.34. The van der Waals surface area contributed by atoms with Gasteiger partial charge in [-0.15, -0.1) is 0 Å². The number of methoxy groups -OCH3 is 1. The second-order valence-electron chi connectivity index (χ2n) is 7.62. The first-order valence-corrected chi connectivity index (χ1v) is 10.5. The molecule has 0 aliphatic carbocycles. The molecule has 0 unspecified atom stereocenters. The number of oxazole rings is 1. The maximum atomic E-state index is 11.1. The van der Waals surface area contributed by atoms with Crippen LogP contribution in [0.1, 0.15) is 35.7 Å². The Kier molecular flexibility index (Phi) is 6.27. The van der Waals surface area contributed by atoms with Crippen molar-refractivity contribution in [3.63, 3.8) is 0 Å². The molecular weight excluding hydrogens is 398 g/mol. The zero-order chi connectivity index (χ0) is 21.8. The fraction of sp³-hybridized carbons (Fsp3) is 0.391. The van der Waals surface area contributed by atoms with Gasteiger partial charge in [-0.05, 0) is 55.7 Å². The maximum Gasteiger partial charge on any atom is 0.335 e. The average Bonchev–Trinajstić information content (AvgIpc) is 3.17. The van der Waals surface area contributed by atoms with Crippen LogP contribution in [0.25, 0.3) is 11.1 Å². The molecule has 1 aliphatic heterocycles. The number of carboxylic acid groups (broad SMARTS) is 1. The summed E-state index contributed by atoms with van der Waals surface area (Å²) < 4.78 is 16.8. The smallest absolute Gasteiger partial charge is 0.335 e. The summed E-state index contributed by atoms with van der Waals surface area (Å²) in [6, 6.07) is 11.5. The van der Waals surface area contributed by atoms with E-state index in [1.54, 1.807) is 13.2 Å². The summed E-state index contributed by atoms with van der Waals surface area (Å²) in [4.78, 5) is 18.0. The number of likely N-dealkylation sites (tertiary alicyclic amines) is 1. The lowest BCUT2D eigenvalue weighted by Crippen LogP contribution is -2.38. The number of aromatic nitrogens is 1. The number of ether oxygens (including phenoxy) is 2. The summed E-state index contributed by atoms with van der Waals surface area (Å²) in [6.07, 6.45) is 1.93. The normalized spacial score (nSPS) is 15.2. The van der Waals surface area contributed by atoms with E-state index in [0.29, 0.717) is 23.7 Å². The topological polar surface area (TPSA) is 97.1 Å². The Labute approximate surface area is 180 Å². The number of fused-ring (bicyclic) bond motifs is 1. The molecule has 4 rings (SSSR count). The second kappa shape index (κ2) is 9.26. The number of carbonyl (C=O) groups is 1. The standard InChI is InChI=1S/C23H27N3O5/c1-3-30-21-12-15(4-7-19(21)29-2)14-26-10-8-17(9-11-26)24-23-25-18-6-5-16(22(27)28)13-20(18)31-23/h4-7,12-13,17H,3,8-11,14H2,1-2H3,(H,24,25)(H,27,28). The molecule has 8 heteroatoms. The molecule has 2 N–H and O–H groups in total. The lowest BCUT2D eigenvalue weighted by atomic mass is 10.0. The highest BCUT2D eigenvalue weighted by Gasteiger charge is 2.21. The van der Waals surface area contributed by atoms with Gasteiger partial charge in [-0.1, -0.05) is 6.07 Å². The Morgan fingerprint density at radius 1 is 1.23 bits per heavy atom. The van der Waals surface area contributed by atoms with Crippen molar-refractivity contribution < 1.29 is 23.8 Å². The highest BCUT2D eigenvalue weighted by Crippen LogP contribution is 2.29. The molecule has 0 amide bonds. The van der Waals surface area contributed by atoms with Gasteiger partial charge in [0.05, 0.1) is 19.3 Å². The summed E-state index contributed by atoms with van der Waals surface area (Å²) in [5.41, 5.74) is 2.51. The molecule has 0 spiro atoms. The van der Waals surface area contributed by atoms with E-state index >= 15 is 0 Å². The van der Waals surface area contributed by atoms with Crippen LogP contribution < -0.4 is 14.8 Å². The van der Waals surface area contributed by atoms with E-state index in [1.807, 2.05) is 13.0 Å². The number of piperidine rings is 1. The number of anilines is 1. The Bertz CT molecular complexity index is 1060. The van der Waals surface area contributed by atoms with Crippen LogP contribution in [0.3, 0.4) is 0 Å². The quantitative estimate of drug-likeness (QED) is 0.559. The minimum atomic E-state index is -0.981. The number of carboxylic acids is 1. The van der Waals surface area contributed by atoms with E-state index in [1.165, 1.54) is 17.7 Å². The van der Waals surface area contributed by atoms with E-state index in [0.717, 1.165) is 44.0 Å². The number of aromatic carboxylic acids is 1. The molecule has 1 aromatic heterocycles. The molecule has 31 heavy (non-hydrogen) atoms. The van der Waals surface area contributed by atoms with E-state index in [4.69, 9.17) is 19.0 Å². The Morgan fingerprint density at radius 2 is 2.03 bits per heavy atom. The SMILES string of the molecule is CCOc1cc(CN2CCC(Nc3nc4ccc(C(=O)O)cc4o3)CC2)ccc1OC. The van der Waals surface area contributed by atoms with Crippen LogP contribution in [0.5, 0.6) is 11.5 Å². The van der Waals surface area contributed by atoms with Gasteiger partial charge >= 0.3 is 5.97 Å². The van der Waals surface area contributed by atoms with Crippen molar-refractivity contribution in [3.05, 3.63) is 47.5 Å².